The standard InChI is InChI=1S/C9H18O2/c1-7(2)6-11-9-5-3-4-8(9)10/h7-10H,3-6H2,1-2H3. The highest BCUT2D eigenvalue weighted by molar-refractivity contribution is 4.76. The maximum Gasteiger partial charge on any atom is 0.0834 e. The topological polar surface area (TPSA) is 29.5 Å². The van der Waals surface area contributed by atoms with Crippen LogP contribution < -0.4 is 0 Å². The number of aliphatic hydroxyl groups is 1. The van der Waals surface area contributed by atoms with E-state index in [0.29, 0.717) is 5.92 Å². The van der Waals surface area contributed by atoms with Gasteiger partial charge >= 0.3 is 0 Å². The summed E-state index contributed by atoms with van der Waals surface area (Å²) >= 11 is 0. The lowest BCUT2D eigenvalue weighted by molar-refractivity contribution is -0.0282. The third-order valence-electron chi connectivity index (χ3n) is 2.06. The summed E-state index contributed by atoms with van der Waals surface area (Å²) in [6, 6.07) is 0. The normalized spacial score (nSPS) is 31.6. The second kappa shape index (κ2) is 4.07. The van der Waals surface area contributed by atoms with Crippen molar-refractivity contribution in [3.05, 3.63) is 0 Å². The molecule has 0 radical (unpaired) electrons. The van der Waals surface area contributed by atoms with Crippen LogP contribution in [0.5, 0.6) is 0 Å². The number of hydrogen-bond acceptors (Lipinski definition) is 2. The molecule has 0 spiro atoms. The van der Waals surface area contributed by atoms with E-state index in [9.17, 15) is 5.11 Å². The van der Waals surface area contributed by atoms with Crippen LogP contribution in [0.3, 0.4) is 0 Å². The van der Waals surface area contributed by atoms with E-state index in [4.69, 9.17) is 4.74 Å². The van der Waals surface area contributed by atoms with Crippen molar-refractivity contribution in [2.24, 2.45) is 5.92 Å². The summed E-state index contributed by atoms with van der Waals surface area (Å²) in [6.07, 6.45) is 2.99. The summed E-state index contributed by atoms with van der Waals surface area (Å²) in [5, 5.41) is 9.38. The molecule has 2 unspecified atom stereocenters. The molecule has 0 aromatic carbocycles. The Balaban J connectivity index is 2.15. The highest BCUT2D eigenvalue weighted by Crippen LogP contribution is 2.22. The van der Waals surface area contributed by atoms with Crippen LogP contribution in [-0.4, -0.2) is 23.9 Å². The zero-order valence-electron chi connectivity index (χ0n) is 7.42. The maximum atomic E-state index is 9.38. The third-order valence-corrected chi connectivity index (χ3v) is 2.06. The first-order chi connectivity index (χ1) is 5.20. The minimum atomic E-state index is -0.200. The van der Waals surface area contributed by atoms with E-state index in [-0.39, 0.29) is 12.2 Å². The Morgan fingerprint density at radius 3 is 2.64 bits per heavy atom. The maximum absolute atomic E-state index is 9.38. The molecule has 2 nitrogen and oxygen atoms in total. The van der Waals surface area contributed by atoms with Crippen molar-refractivity contribution < 1.29 is 9.84 Å². The van der Waals surface area contributed by atoms with Gasteiger partial charge in [-0.25, -0.2) is 0 Å². The van der Waals surface area contributed by atoms with Gasteiger partial charge in [-0.1, -0.05) is 13.8 Å². The zero-order chi connectivity index (χ0) is 8.27. The molecular weight excluding hydrogens is 140 g/mol. The van der Waals surface area contributed by atoms with Crippen LogP contribution in [0.4, 0.5) is 0 Å². The van der Waals surface area contributed by atoms with E-state index in [1.807, 2.05) is 0 Å². The summed E-state index contributed by atoms with van der Waals surface area (Å²) in [5.41, 5.74) is 0. The Bertz CT molecular complexity index is 112. The van der Waals surface area contributed by atoms with E-state index in [1.54, 1.807) is 0 Å². The van der Waals surface area contributed by atoms with Crippen LogP contribution in [0.1, 0.15) is 33.1 Å². The first-order valence-electron chi connectivity index (χ1n) is 4.50. The lowest BCUT2D eigenvalue weighted by Crippen LogP contribution is -2.24. The van der Waals surface area contributed by atoms with Gasteiger partial charge in [-0.3, -0.25) is 0 Å². The Morgan fingerprint density at radius 1 is 1.45 bits per heavy atom. The Morgan fingerprint density at radius 2 is 2.18 bits per heavy atom. The highest BCUT2D eigenvalue weighted by Gasteiger charge is 2.25. The SMILES string of the molecule is CC(C)COC1CCCC1O. The molecule has 1 aliphatic rings. The molecule has 1 rings (SSSR count). The fourth-order valence-corrected chi connectivity index (χ4v) is 1.42. The van der Waals surface area contributed by atoms with Gasteiger partial charge in [-0.15, -0.1) is 0 Å². The minimum absolute atomic E-state index is 0.123. The van der Waals surface area contributed by atoms with Gasteiger partial charge in [0.25, 0.3) is 0 Å². The zero-order valence-corrected chi connectivity index (χ0v) is 7.42. The Labute approximate surface area is 68.6 Å². The van der Waals surface area contributed by atoms with Gasteiger partial charge in [0, 0.05) is 6.61 Å². The van der Waals surface area contributed by atoms with Crippen LogP contribution >= 0.6 is 0 Å². The van der Waals surface area contributed by atoms with Gasteiger partial charge in [0.15, 0.2) is 0 Å². The molecule has 1 aliphatic carbocycles. The molecule has 0 aliphatic heterocycles. The van der Waals surface area contributed by atoms with Crippen molar-refractivity contribution in [2.75, 3.05) is 6.61 Å². The third kappa shape index (κ3) is 2.80. The molecule has 0 aromatic rings. The van der Waals surface area contributed by atoms with Crippen LogP contribution in [0.25, 0.3) is 0 Å². The molecule has 1 fully saturated rings. The molecular formula is C9H18O2. The second-order valence-electron chi connectivity index (χ2n) is 3.76. The summed E-state index contributed by atoms with van der Waals surface area (Å²) < 4.78 is 5.53. The molecule has 0 heterocycles. The van der Waals surface area contributed by atoms with Gasteiger partial charge in [0.2, 0.25) is 0 Å². The van der Waals surface area contributed by atoms with Gasteiger partial charge in [0.05, 0.1) is 12.2 Å². The Hall–Kier alpha value is -0.0800. The molecule has 0 saturated heterocycles. The summed E-state index contributed by atoms with van der Waals surface area (Å²) in [4.78, 5) is 0. The first kappa shape index (κ1) is 9.01. The molecule has 1 saturated carbocycles. The summed E-state index contributed by atoms with van der Waals surface area (Å²) in [5.74, 6) is 0.572. The molecule has 0 aromatic heterocycles. The van der Waals surface area contributed by atoms with Crippen molar-refractivity contribution in [3.8, 4) is 0 Å². The fourth-order valence-electron chi connectivity index (χ4n) is 1.42. The molecule has 0 amide bonds. The monoisotopic (exact) mass is 158 g/mol. The molecule has 11 heavy (non-hydrogen) atoms. The minimum Gasteiger partial charge on any atom is -0.390 e. The van der Waals surface area contributed by atoms with Gasteiger partial charge in [0.1, 0.15) is 0 Å². The Kier molecular flexibility index (Phi) is 3.34. The molecule has 1 N–H and O–H groups in total. The second-order valence-corrected chi connectivity index (χ2v) is 3.76. The largest absolute Gasteiger partial charge is 0.390 e. The van der Waals surface area contributed by atoms with Gasteiger partial charge in [-0.05, 0) is 25.2 Å². The first-order valence-corrected chi connectivity index (χ1v) is 4.50. The smallest absolute Gasteiger partial charge is 0.0834 e. The van der Waals surface area contributed by atoms with Crippen molar-refractivity contribution in [3.63, 3.8) is 0 Å². The van der Waals surface area contributed by atoms with Crippen LogP contribution in [0.2, 0.25) is 0 Å². The summed E-state index contributed by atoms with van der Waals surface area (Å²) in [6.45, 7) is 5.03. The van der Waals surface area contributed by atoms with Crippen molar-refractivity contribution in [2.45, 2.75) is 45.3 Å². The number of aliphatic hydroxyl groups excluding tert-OH is 1. The quantitative estimate of drug-likeness (QED) is 0.675. The van der Waals surface area contributed by atoms with E-state index in [1.165, 1.54) is 0 Å². The number of hydrogen-bond donors (Lipinski definition) is 1. The van der Waals surface area contributed by atoms with E-state index in [0.717, 1.165) is 25.9 Å². The highest BCUT2D eigenvalue weighted by atomic mass is 16.5. The average molecular weight is 158 g/mol. The van der Waals surface area contributed by atoms with Crippen molar-refractivity contribution >= 4 is 0 Å². The van der Waals surface area contributed by atoms with E-state index in [2.05, 4.69) is 13.8 Å². The average Bonchev–Trinajstić information content (AvgIpc) is 2.31. The molecule has 2 heteroatoms. The fraction of sp³-hybridized carbons (Fsp3) is 1.00. The predicted octanol–water partition coefficient (Wildman–Crippen LogP) is 1.57. The van der Waals surface area contributed by atoms with Gasteiger partial charge < -0.3 is 9.84 Å². The predicted molar refractivity (Wildman–Crippen MR) is 44.4 cm³/mol. The number of ether oxygens (including phenoxy) is 1. The van der Waals surface area contributed by atoms with Crippen molar-refractivity contribution in [1.82, 2.24) is 0 Å². The molecule has 66 valence electrons. The number of rotatable bonds is 3. The van der Waals surface area contributed by atoms with Gasteiger partial charge in [-0.2, -0.15) is 0 Å². The van der Waals surface area contributed by atoms with E-state index >= 15 is 0 Å². The summed E-state index contributed by atoms with van der Waals surface area (Å²) in [7, 11) is 0. The van der Waals surface area contributed by atoms with Crippen molar-refractivity contribution in [1.29, 1.82) is 0 Å². The lowest BCUT2D eigenvalue weighted by Gasteiger charge is -2.16. The van der Waals surface area contributed by atoms with E-state index < -0.39 is 0 Å². The van der Waals surface area contributed by atoms with Crippen LogP contribution in [-0.2, 0) is 4.74 Å². The lowest BCUT2D eigenvalue weighted by atomic mass is 10.2. The molecule has 2 atom stereocenters. The van der Waals surface area contributed by atoms with Crippen LogP contribution in [0, 0.1) is 5.92 Å². The molecule has 0 bridgehead atoms. The van der Waals surface area contributed by atoms with Crippen LogP contribution in [0.15, 0.2) is 0 Å².